The summed E-state index contributed by atoms with van der Waals surface area (Å²) in [5.74, 6) is 5.96. The van der Waals surface area contributed by atoms with Gasteiger partial charge in [0.2, 0.25) is 0 Å². The summed E-state index contributed by atoms with van der Waals surface area (Å²) in [4.78, 5) is 4.67. The smallest absolute Gasteiger partial charge is 0.118 e. The van der Waals surface area contributed by atoms with Crippen molar-refractivity contribution in [2.45, 2.75) is 13.5 Å². The summed E-state index contributed by atoms with van der Waals surface area (Å²) in [5.41, 5.74) is 4.62. The van der Waals surface area contributed by atoms with Crippen LogP contribution in [0.25, 0.3) is 11.1 Å². The molecule has 2 rings (SSSR count). The van der Waals surface area contributed by atoms with Gasteiger partial charge in [0.25, 0.3) is 0 Å². The van der Waals surface area contributed by atoms with Gasteiger partial charge in [0.15, 0.2) is 0 Å². The van der Waals surface area contributed by atoms with Crippen LogP contribution in [-0.2, 0) is 11.4 Å². The van der Waals surface area contributed by atoms with Gasteiger partial charge in [-0.25, -0.2) is 5.90 Å². The van der Waals surface area contributed by atoms with Crippen LogP contribution in [0, 0.1) is 6.92 Å². The molecule has 0 fully saturated rings. The van der Waals surface area contributed by atoms with Gasteiger partial charge in [-0.3, -0.25) is 4.84 Å². The highest BCUT2D eigenvalue weighted by Gasteiger charge is 2.02. The number of aryl methyl sites for hydroxylation is 1. The Kier molecular flexibility index (Phi) is 3.97. The number of ether oxygens (including phenoxy) is 1. The molecule has 0 aliphatic rings. The largest absolute Gasteiger partial charge is 0.497 e. The van der Waals surface area contributed by atoms with E-state index in [1.54, 1.807) is 7.11 Å². The second kappa shape index (κ2) is 5.67. The topological polar surface area (TPSA) is 44.5 Å². The van der Waals surface area contributed by atoms with Gasteiger partial charge in [-0.15, -0.1) is 0 Å². The minimum atomic E-state index is 0.439. The van der Waals surface area contributed by atoms with Crippen molar-refractivity contribution in [3.05, 3.63) is 53.6 Å². The van der Waals surface area contributed by atoms with E-state index in [-0.39, 0.29) is 0 Å². The highest BCUT2D eigenvalue weighted by molar-refractivity contribution is 5.65. The summed E-state index contributed by atoms with van der Waals surface area (Å²) in [7, 11) is 1.67. The normalized spacial score (nSPS) is 10.4. The van der Waals surface area contributed by atoms with Gasteiger partial charge < -0.3 is 4.74 Å². The van der Waals surface area contributed by atoms with Gasteiger partial charge in [0, 0.05) is 0 Å². The van der Waals surface area contributed by atoms with Crippen LogP contribution in [0.2, 0.25) is 0 Å². The van der Waals surface area contributed by atoms with E-state index in [4.69, 9.17) is 10.6 Å². The highest BCUT2D eigenvalue weighted by atomic mass is 16.6. The molecule has 0 spiro atoms. The Morgan fingerprint density at radius 3 is 2.22 bits per heavy atom. The molecule has 18 heavy (non-hydrogen) atoms. The Morgan fingerprint density at radius 1 is 1.00 bits per heavy atom. The first-order valence-corrected chi connectivity index (χ1v) is 5.80. The summed E-state index contributed by atoms with van der Waals surface area (Å²) >= 11 is 0. The Labute approximate surface area is 107 Å². The van der Waals surface area contributed by atoms with Crippen molar-refractivity contribution in [2.24, 2.45) is 5.90 Å². The van der Waals surface area contributed by atoms with Crippen LogP contribution >= 0.6 is 0 Å². The van der Waals surface area contributed by atoms with Gasteiger partial charge >= 0.3 is 0 Å². The lowest BCUT2D eigenvalue weighted by atomic mass is 10.0. The molecule has 0 heterocycles. The third-order valence-electron chi connectivity index (χ3n) is 3.00. The van der Waals surface area contributed by atoms with Crippen molar-refractivity contribution in [3.63, 3.8) is 0 Å². The van der Waals surface area contributed by atoms with E-state index in [0.717, 1.165) is 11.3 Å². The Balaban J connectivity index is 2.30. The summed E-state index contributed by atoms with van der Waals surface area (Å²) in [6.07, 6.45) is 0. The highest BCUT2D eigenvalue weighted by Crippen LogP contribution is 2.24. The standard InChI is InChI=1S/C15H17NO2/c1-11-9-13(3-4-14(11)10-18-16)12-5-7-15(17-2)8-6-12/h3-9H,10,16H2,1-2H3. The van der Waals surface area contributed by atoms with Crippen molar-refractivity contribution >= 4 is 0 Å². The molecule has 2 aromatic carbocycles. The van der Waals surface area contributed by atoms with Crippen molar-refractivity contribution < 1.29 is 9.57 Å². The van der Waals surface area contributed by atoms with Gasteiger partial charge in [-0.05, 0) is 41.3 Å². The first-order valence-electron chi connectivity index (χ1n) is 5.80. The third-order valence-corrected chi connectivity index (χ3v) is 3.00. The fourth-order valence-electron chi connectivity index (χ4n) is 1.91. The van der Waals surface area contributed by atoms with E-state index in [9.17, 15) is 0 Å². The van der Waals surface area contributed by atoms with Crippen LogP contribution in [0.4, 0.5) is 0 Å². The predicted octanol–water partition coefficient (Wildman–Crippen LogP) is 3.06. The molecule has 3 heteroatoms. The molecule has 0 saturated carbocycles. The monoisotopic (exact) mass is 243 g/mol. The molecule has 2 N–H and O–H groups in total. The summed E-state index contributed by atoms with van der Waals surface area (Å²) < 4.78 is 5.15. The summed E-state index contributed by atoms with van der Waals surface area (Å²) in [6.45, 7) is 2.50. The average molecular weight is 243 g/mol. The first-order chi connectivity index (χ1) is 8.74. The quantitative estimate of drug-likeness (QED) is 0.839. The molecule has 0 unspecified atom stereocenters. The van der Waals surface area contributed by atoms with Gasteiger partial charge in [-0.2, -0.15) is 0 Å². The van der Waals surface area contributed by atoms with Gasteiger partial charge in [0.05, 0.1) is 13.7 Å². The molecule has 0 saturated heterocycles. The van der Waals surface area contributed by atoms with E-state index in [2.05, 4.69) is 23.9 Å². The van der Waals surface area contributed by atoms with E-state index in [1.807, 2.05) is 30.3 Å². The summed E-state index contributed by atoms with van der Waals surface area (Å²) in [5, 5.41) is 0. The van der Waals surface area contributed by atoms with E-state index in [1.165, 1.54) is 16.7 Å². The molecule has 3 nitrogen and oxygen atoms in total. The van der Waals surface area contributed by atoms with Crippen molar-refractivity contribution in [2.75, 3.05) is 7.11 Å². The maximum Gasteiger partial charge on any atom is 0.118 e. The van der Waals surface area contributed by atoms with E-state index < -0.39 is 0 Å². The molecule has 0 bridgehead atoms. The van der Waals surface area contributed by atoms with Gasteiger partial charge in [-0.1, -0.05) is 30.3 Å². The lowest BCUT2D eigenvalue weighted by molar-refractivity contribution is 0.123. The predicted molar refractivity (Wildman–Crippen MR) is 72.1 cm³/mol. The number of methoxy groups -OCH3 is 1. The molecule has 0 aromatic heterocycles. The fraction of sp³-hybridized carbons (Fsp3) is 0.200. The maximum absolute atomic E-state index is 5.15. The SMILES string of the molecule is COc1ccc(-c2ccc(CON)c(C)c2)cc1. The van der Waals surface area contributed by atoms with E-state index in [0.29, 0.717) is 6.61 Å². The van der Waals surface area contributed by atoms with Crippen LogP contribution in [0.1, 0.15) is 11.1 Å². The molecule has 0 aliphatic carbocycles. The van der Waals surface area contributed by atoms with Crippen molar-refractivity contribution in [1.82, 2.24) is 0 Å². The molecule has 0 radical (unpaired) electrons. The Hall–Kier alpha value is -1.84. The number of hydrogen-bond acceptors (Lipinski definition) is 3. The Morgan fingerprint density at radius 2 is 1.67 bits per heavy atom. The zero-order valence-corrected chi connectivity index (χ0v) is 10.6. The van der Waals surface area contributed by atoms with E-state index >= 15 is 0 Å². The number of nitrogens with two attached hydrogens (primary N) is 1. The molecular formula is C15H17NO2. The Bertz CT molecular complexity index is 521. The number of benzene rings is 2. The number of rotatable bonds is 4. The minimum absolute atomic E-state index is 0.439. The summed E-state index contributed by atoms with van der Waals surface area (Å²) in [6, 6.07) is 14.3. The molecule has 94 valence electrons. The zero-order valence-electron chi connectivity index (χ0n) is 10.6. The molecule has 0 aliphatic heterocycles. The number of hydrogen-bond donors (Lipinski definition) is 1. The molecule has 0 amide bonds. The lowest BCUT2D eigenvalue weighted by Crippen LogP contribution is -2.00. The lowest BCUT2D eigenvalue weighted by Gasteiger charge is -2.08. The van der Waals surface area contributed by atoms with Crippen molar-refractivity contribution in [1.29, 1.82) is 0 Å². The third kappa shape index (κ3) is 2.70. The first kappa shape index (κ1) is 12.6. The minimum Gasteiger partial charge on any atom is -0.497 e. The average Bonchev–Trinajstić information content (AvgIpc) is 2.41. The van der Waals surface area contributed by atoms with Crippen LogP contribution in [0.5, 0.6) is 5.75 Å². The van der Waals surface area contributed by atoms with Gasteiger partial charge in [0.1, 0.15) is 5.75 Å². The maximum atomic E-state index is 5.15. The second-order valence-corrected chi connectivity index (χ2v) is 4.18. The fourth-order valence-corrected chi connectivity index (χ4v) is 1.91. The van der Waals surface area contributed by atoms with Crippen molar-refractivity contribution in [3.8, 4) is 16.9 Å². The molecule has 0 atom stereocenters. The molecule has 2 aromatic rings. The zero-order chi connectivity index (χ0) is 13.0. The van der Waals surface area contributed by atoms with Crippen LogP contribution in [0.3, 0.4) is 0 Å². The van der Waals surface area contributed by atoms with Crippen LogP contribution < -0.4 is 10.6 Å². The molecular weight excluding hydrogens is 226 g/mol. The van der Waals surface area contributed by atoms with Crippen LogP contribution in [-0.4, -0.2) is 7.11 Å². The van der Waals surface area contributed by atoms with Crippen LogP contribution in [0.15, 0.2) is 42.5 Å². The second-order valence-electron chi connectivity index (χ2n) is 4.18.